The molecule has 0 aromatic heterocycles. The van der Waals surface area contributed by atoms with Gasteiger partial charge in [-0.25, -0.2) is 4.79 Å². The van der Waals surface area contributed by atoms with Crippen LogP contribution in [0.5, 0.6) is 5.75 Å². The Kier molecular flexibility index (Phi) is 4.39. The fraction of sp³-hybridized carbons (Fsp3) is 0.0500. The van der Waals surface area contributed by atoms with E-state index in [-0.39, 0.29) is 5.56 Å². The Morgan fingerprint density at radius 1 is 0.826 bits per heavy atom. The number of aromatic carboxylic acids is 1. The molecule has 0 amide bonds. The molecule has 1 N–H and O–H groups in total. The Hall–Kier alpha value is -3.07. The quantitative estimate of drug-likeness (QED) is 0.747. The third-order valence-electron chi connectivity index (χ3n) is 3.51. The van der Waals surface area contributed by atoms with Gasteiger partial charge in [-0.2, -0.15) is 0 Å². The van der Waals surface area contributed by atoms with E-state index >= 15 is 0 Å². The van der Waals surface area contributed by atoms with Gasteiger partial charge in [-0.15, -0.1) is 0 Å². The maximum absolute atomic E-state index is 11.4. The third kappa shape index (κ3) is 3.77. The van der Waals surface area contributed by atoms with E-state index in [1.807, 2.05) is 66.7 Å². The van der Waals surface area contributed by atoms with Crippen molar-refractivity contribution in [2.24, 2.45) is 0 Å². The maximum atomic E-state index is 11.4. The van der Waals surface area contributed by atoms with Crippen LogP contribution in [0.3, 0.4) is 0 Å². The molecule has 0 unspecified atom stereocenters. The third-order valence-corrected chi connectivity index (χ3v) is 3.51. The first kappa shape index (κ1) is 14.9. The zero-order valence-corrected chi connectivity index (χ0v) is 12.5. The van der Waals surface area contributed by atoms with Crippen molar-refractivity contribution in [1.29, 1.82) is 0 Å². The van der Waals surface area contributed by atoms with Crippen LogP contribution >= 0.6 is 0 Å². The molecule has 3 nitrogen and oxygen atoms in total. The van der Waals surface area contributed by atoms with Crippen molar-refractivity contribution in [2.45, 2.75) is 6.61 Å². The number of carboxylic acids is 1. The second kappa shape index (κ2) is 6.79. The second-order valence-electron chi connectivity index (χ2n) is 5.19. The van der Waals surface area contributed by atoms with E-state index in [9.17, 15) is 9.90 Å². The molecule has 114 valence electrons. The first-order valence-electron chi connectivity index (χ1n) is 7.33. The predicted molar refractivity (Wildman–Crippen MR) is 89.6 cm³/mol. The van der Waals surface area contributed by atoms with E-state index in [2.05, 4.69) is 0 Å². The summed E-state index contributed by atoms with van der Waals surface area (Å²) in [6.45, 7) is 0.401. The summed E-state index contributed by atoms with van der Waals surface area (Å²) in [4.78, 5) is 11.4. The van der Waals surface area contributed by atoms with Crippen molar-refractivity contribution in [1.82, 2.24) is 0 Å². The minimum atomic E-state index is -0.965. The normalized spacial score (nSPS) is 10.3. The molecule has 23 heavy (non-hydrogen) atoms. The van der Waals surface area contributed by atoms with Crippen LogP contribution in [0.4, 0.5) is 0 Å². The predicted octanol–water partition coefficient (Wildman–Crippen LogP) is 4.63. The van der Waals surface area contributed by atoms with Gasteiger partial charge in [-0.1, -0.05) is 60.7 Å². The van der Waals surface area contributed by atoms with Gasteiger partial charge in [0.15, 0.2) is 0 Å². The Balaban J connectivity index is 1.90. The summed E-state index contributed by atoms with van der Waals surface area (Å²) in [6, 6.07) is 24.5. The minimum absolute atomic E-state index is 0.217. The number of hydrogen-bond donors (Lipinski definition) is 1. The fourth-order valence-corrected chi connectivity index (χ4v) is 2.34. The Morgan fingerprint density at radius 3 is 2.13 bits per heavy atom. The molecule has 3 rings (SSSR count). The largest absolute Gasteiger partial charge is 0.489 e. The maximum Gasteiger partial charge on any atom is 0.335 e. The molecule has 0 bridgehead atoms. The molecule has 0 saturated carbocycles. The highest BCUT2D eigenvalue weighted by Crippen LogP contribution is 2.26. The van der Waals surface area contributed by atoms with Gasteiger partial charge >= 0.3 is 5.97 Å². The molecule has 0 aliphatic heterocycles. The number of carboxylic acid groups (broad SMARTS) is 1. The smallest absolute Gasteiger partial charge is 0.335 e. The minimum Gasteiger partial charge on any atom is -0.489 e. The van der Waals surface area contributed by atoms with Crippen molar-refractivity contribution in [3.8, 4) is 16.9 Å². The molecule has 0 atom stereocenters. The van der Waals surface area contributed by atoms with Gasteiger partial charge in [0.2, 0.25) is 0 Å². The van der Waals surface area contributed by atoms with Gasteiger partial charge in [-0.05, 0) is 34.9 Å². The zero-order valence-electron chi connectivity index (χ0n) is 12.5. The summed E-state index contributed by atoms with van der Waals surface area (Å²) in [6.07, 6.45) is 0. The monoisotopic (exact) mass is 304 g/mol. The molecule has 0 spiro atoms. The van der Waals surface area contributed by atoms with Gasteiger partial charge in [0.05, 0.1) is 5.56 Å². The van der Waals surface area contributed by atoms with Gasteiger partial charge in [0.1, 0.15) is 12.4 Å². The lowest BCUT2D eigenvalue weighted by Gasteiger charge is -2.10. The molecule has 0 radical (unpaired) electrons. The van der Waals surface area contributed by atoms with E-state index in [1.54, 1.807) is 12.1 Å². The lowest BCUT2D eigenvalue weighted by molar-refractivity contribution is 0.0696. The van der Waals surface area contributed by atoms with Crippen molar-refractivity contribution in [3.05, 3.63) is 90.0 Å². The average molecular weight is 304 g/mol. The van der Waals surface area contributed by atoms with Crippen LogP contribution in [-0.2, 0) is 6.61 Å². The Morgan fingerprint density at radius 2 is 1.48 bits per heavy atom. The topological polar surface area (TPSA) is 46.5 Å². The summed E-state index contributed by atoms with van der Waals surface area (Å²) in [5.41, 5.74) is 3.04. The summed E-state index contributed by atoms with van der Waals surface area (Å²) >= 11 is 0. The molecule has 0 fully saturated rings. The lowest BCUT2D eigenvalue weighted by Crippen LogP contribution is -2.00. The molecule has 3 aromatic rings. The second-order valence-corrected chi connectivity index (χ2v) is 5.19. The summed E-state index contributed by atoms with van der Waals surface area (Å²) in [7, 11) is 0. The molecule has 3 aromatic carbocycles. The molecule has 0 aliphatic rings. The van der Waals surface area contributed by atoms with Crippen LogP contribution in [0.2, 0.25) is 0 Å². The first-order chi connectivity index (χ1) is 11.2. The summed E-state index contributed by atoms with van der Waals surface area (Å²) < 4.78 is 5.78. The number of benzene rings is 3. The van der Waals surface area contributed by atoms with E-state index in [0.717, 1.165) is 16.7 Å². The summed E-state index contributed by atoms with van der Waals surface area (Å²) in [5, 5.41) is 9.31. The van der Waals surface area contributed by atoms with Gasteiger partial charge < -0.3 is 9.84 Å². The average Bonchev–Trinajstić information content (AvgIpc) is 2.61. The van der Waals surface area contributed by atoms with E-state index in [4.69, 9.17) is 4.74 Å². The van der Waals surface area contributed by atoms with Crippen LogP contribution in [0, 0.1) is 0 Å². The molecule has 0 aliphatic carbocycles. The van der Waals surface area contributed by atoms with Gasteiger partial charge in [0.25, 0.3) is 0 Å². The molecule has 0 saturated heterocycles. The number of carbonyl (C=O) groups is 1. The summed E-state index contributed by atoms with van der Waals surface area (Å²) in [5.74, 6) is -0.417. The highest BCUT2D eigenvalue weighted by molar-refractivity contribution is 5.90. The number of rotatable bonds is 5. The van der Waals surface area contributed by atoms with Crippen LogP contribution in [-0.4, -0.2) is 11.1 Å². The van der Waals surface area contributed by atoms with E-state index in [1.165, 1.54) is 0 Å². The lowest BCUT2D eigenvalue weighted by atomic mass is 10.0. The molecular formula is C20H16O3. The molecule has 0 heterocycles. The highest BCUT2D eigenvalue weighted by atomic mass is 16.5. The SMILES string of the molecule is O=C(O)c1cc(OCc2ccccc2)cc(-c2ccccc2)c1. The van der Waals surface area contributed by atoms with Crippen LogP contribution in [0.1, 0.15) is 15.9 Å². The van der Waals surface area contributed by atoms with Crippen molar-refractivity contribution in [2.75, 3.05) is 0 Å². The van der Waals surface area contributed by atoms with Gasteiger partial charge in [0, 0.05) is 0 Å². The number of ether oxygens (including phenoxy) is 1. The zero-order chi connectivity index (χ0) is 16.1. The van der Waals surface area contributed by atoms with Crippen LogP contribution < -0.4 is 4.74 Å². The Bertz CT molecular complexity index is 796. The van der Waals surface area contributed by atoms with E-state index < -0.39 is 5.97 Å². The van der Waals surface area contributed by atoms with Gasteiger partial charge in [-0.3, -0.25) is 0 Å². The highest BCUT2D eigenvalue weighted by Gasteiger charge is 2.09. The molecule has 3 heteroatoms. The standard InChI is InChI=1S/C20H16O3/c21-20(22)18-11-17(16-9-5-2-6-10-16)12-19(13-18)23-14-15-7-3-1-4-8-15/h1-13H,14H2,(H,21,22). The Labute approximate surface area is 134 Å². The van der Waals surface area contributed by atoms with Crippen LogP contribution in [0.25, 0.3) is 11.1 Å². The fourth-order valence-electron chi connectivity index (χ4n) is 2.34. The van der Waals surface area contributed by atoms with Crippen molar-refractivity contribution >= 4 is 5.97 Å². The number of hydrogen-bond acceptors (Lipinski definition) is 2. The molecular weight excluding hydrogens is 288 g/mol. The first-order valence-corrected chi connectivity index (χ1v) is 7.33. The van der Waals surface area contributed by atoms with Crippen molar-refractivity contribution < 1.29 is 14.6 Å². The van der Waals surface area contributed by atoms with Crippen LogP contribution in [0.15, 0.2) is 78.9 Å². The van der Waals surface area contributed by atoms with E-state index in [0.29, 0.717) is 12.4 Å². The van der Waals surface area contributed by atoms with Crippen molar-refractivity contribution in [3.63, 3.8) is 0 Å².